The molecular weight excluding hydrogens is 202 g/mol. The van der Waals surface area contributed by atoms with Crippen molar-refractivity contribution in [3.05, 3.63) is 30.0 Å². The molecule has 0 unspecified atom stereocenters. The molecule has 0 radical (unpaired) electrons. The minimum atomic E-state index is 0.495. The van der Waals surface area contributed by atoms with Crippen molar-refractivity contribution in [2.24, 2.45) is 4.99 Å². The van der Waals surface area contributed by atoms with Crippen molar-refractivity contribution in [2.45, 2.75) is 0 Å². The first-order valence-electron chi connectivity index (χ1n) is 4.86. The fraction of sp³-hybridized carbons (Fsp3) is 0.0833. The highest BCUT2D eigenvalue weighted by Gasteiger charge is 2.09. The first-order chi connectivity index (χ1) is 7.86. The zero-order valence-electron chi connectivity index (χ0n) is 8.34. The van der Waals surface area contributed by atoms with Gasteiger partial charge in [0.1, 0.15) is 24.1 Å². The van der Waals surface area contributed by atoms with E-state index in [1.54, 1.807) is 18.5 Å². The predicted octanol–water partition coefficient (Wildman–Crippen LogP) is 2.20. The molecule has 0 N–H and O–H groups in total. The minimum Gasteiger partial charge on any atom is -0.486 e. The van der Waals surface area contributed by atoms with E-state index in [1.807, 2.05) is 12.1 Å². The van der Waals surface area contributed by atoms with Gasteiger partial charge in [-0.1, -0.05) is 0 Å². The van der Waals surface area contributed by atoms with Crippen LogP contribution in [0.25, 0.3) is 10.9 Å². The molecule has 1 aromatic heterocycles. The summed E-state index contributed by atoms with van der Waals surface area (Å²) < 4.78 is 5.43. The summed E-state index contributed by atoms with van der Waals surface area (Å²) in [5, 5.41) is 9.69. The molecule has 4 nitrogen and oxygen atoms in total. The maximum absolute atomic E-state index is 8.79. The third-order valence-corrected chi connectivity index (χ3v) is 2.43. The van der Waals surface area contributed by atoms with Crippen LogP contribution in [0.4, 0.5) is 5.69 Å². The lowest BCUT2D eigenvalue weighted by molar-refractivity contribution is 0.377. The summed E-state index contributed by atoms with van der Waals surface area (Å²) in [5.41, 5.74) is 2.15. The lowest BCUT2D eigenvalue weighted by atomic mass is 10.1. The Hall–Kier alpha value is -2.41. The molecule has 0 bridgehead atoms. The normalized spacial score (nSPS) is 12.9. The third-order valence-electron chi connectivity index (χ3n) is 2.43. The van der Waals surface area contributed by atoms with Gasteiger partial charge in [-0.3, -0.25) is 9.98 Å². The van der Waals surface area contributed by atoms with Crippen molar-refractivity contribution in [3.63, 3.8) is 0 Å². The van der Waals surface area contributed by atoms with Gasteiger partial charge in [-0.25, -0.2) is 0 Å². The van der Waals surface area contributed by atoms with Gasteiger partial charge in [-0.2, -0.15) is 5.26 Å². The van der Waals surface area contributed by atoms with Gasteiger partial charge in [0.15, 0.2) is 0 Å². The fourth-order valence-electron chi connectivity index (χ4n) is 1.69. The summed E-state index contributed by atoms with van der Waals surface area (Å²) in [4.78, 5) is 8.44. The number of aliphatic imine (C=N–C) groups is 1. The standard InChI is InChI=1S/C12H7N3O/c13-6-8-3-9-4-11-12(16-2-1-14-11)5-10(9)15-7-8/h1,3-5,7H,2H2. The maximum atomic E-state index is 8.79. The van der Waals surface area contributed by atoms with Crippen LogP contribution >= 0.6 is 0 Å². The molecule has 0 atom stereocenters. The van der Waals surface area contributed by atoms with Crippen molar-refractivity contribution < 1.29 is 4.74 Å². The Morgan fingerprint density at radius 2 is 2.25 bits per heavy atom. The van der Waals surface area contributed by atoms with Crippen molar-refractivity contribution in [1.82, 2.24) is 4.98 Å². The van der Waals surface area contributed by atoms with Gasteiger partial charge in [0.25, 0.3) is 0 Å². The highest BCUT2D eigenvalue weighted by molar-refractivity contribution is 5.87. The highest BCUT2D eigenvalue weighted by atomic mass is 16.5. The van der Waals surface area contributed by atoms with Crippen LogP contribution in [0.3, 0.4) is 0 Å². The smallest absolute Gasteiger partial charge is 0.147 e. The van der Waals surface area contributed by atoms with Gasteiger partial charge in [0.05, 0.1) is 11.1 Å². The van der Waals surface area contributed by atoms with Crippen LogP contribution in [0.15, 0.2) is 29.4 Å². The zero-order valence-corrected chi connectivity index (χ0v) is 8.34. The molecule has 0 fully saturated rings. The molecular formula is C12H7N3O. The molecule has 0 saturated heterocycles. The Morgan fingerprint density at radius 1 is 1.31 bits per heavy atom. The molecule has 0 saturated carbocycles. The van der Waals surface area contributed by atoms with Crippen LogP contribution in [-0.2, 0) is 0 Å². The summed E-state index contributed by atoms with van der Waals surface area (Å²) in [7, 11) is 0. The van der Waals surface area contributed by atoms with Crippen LogP contribution in [-0.4, -0.2) is 17.8 Å². The summed E-state index contributed by atoms with van der Waals surface area (Å²) in [5.74, 6) is 0.743. The van der Waals surface area contributed by atoms with Gasteiger partial charge in [0.2, 0.25) is 0 Å². The quantitative estimate of drug-likeness (QED) is 0.668. The Morgan fingerprint density at radius 3 is 3.12 bits per heavy atom. The van der Waals surface area contributed by atoms with Crippen molar-refractivity contribution in [1.29, 1.82) is 5.26 Å². The molecule has 4 heteroatoms. The Kier molecular flexibility index (Phi) is 1.84. The molecule has 2 aromatic rings. The number of rotatable bonds is 0. The topological polar surface area (TPSA) is 58.3 Å². The number of hydrogen-bond acceptors (Lipinski definition) is 4. The van der Waals surface area contributed by atoms with E-state index in [2.05, 4.69) is 16.0 Å². The molecule has 1 aliphatic heterocycles. The average Bonchev–Trinajstić information content (AvgIpc) is 2.35. The molecule has 76 valence electrons. The van der Waals surface area contributed by atoms with Gasteiger partial charge < -0.3 is 4.74 Å². The van der Waals surface area contributed by atoms with E-state index < -0.39 is 0 Å². The molecule has 2 heterocycles. The lowest BCUT2D eigenvalue weighted by Gasteiger charge is -2.12. The van der Waals surface area contributed by atoms with E-state index in [4.69, 9.17) is 10.00 Å². The van der Waals surface area contributed by atoms with Crippen LogP contribution in [0.5, 0.6) is 5.75 Å². The largest absolute Gasteiger partial charge is 0.486 e. The second-order valence-corrected chi connectivity index (χ2v) is 3.47. The Labute approximate surface area is 91.8 Å². The van der Waals surface area contributed by atoms with Gasteiger partial charge in [0, 0.05) is 23.9 Å². The summed E-state index contributed by atoms with van der Waals surface area (Å²) in [6.45, 7) is 0.495. The van der Waals surface area contributed by atoms with Gasteiger partial charge in [-0.15, -0.1) is 0 Å². The van der Waals surface area contributed by atoms with Crippen LogP contribution in [0.2, 0.25) is 0 Å². The number of nitriles is 1. The molecule has 1 aromatic carbocycles. The molecule has 0 spiro atoms. The third kappa shape index (κ3) is 1.30. The lowest BCUT2D eigenvalue weighted by Crippen LogP contribution is -2.02. The number of ether oxygens (including phenoxy) is 1. The highest BCUT2D eigenvalue weighted by Crippen LogP contribution is 2.33. The number of aromatic nitrogens is 1. The van der Waals surface area contributed by atoms with E-state index in [-0.39, 0.29) is 0 Å². The van der Waals surface area contributed by atoms with E-state index in [0.29, 0.717) is 12.2 Å². The van der Waals surface area contributed by atoms with Crippen molar-refractivity contribution in [2.75, 3.05) is 6.61 Å². The SMILES string of the molecule is N#Cc1cnc2cc3c(cc2c1)N=CCO3. The van der Waals surface area contributed by atoms with E-state index >= 15 is 0 Å². The number of pyridine rings is 1. The molecule has 1 aliphatic rings. The average molecular weight is 209 g/mol. The molecule has 0 amide bonds. The minimum absolute atomic E-state index is 0.495. The van der Waals surface area contributed by atoms with Crippen LogP contribution < -0.4 is 4.74 Å². The molecule has 0 aliphatic carbocycles. The summed E-state index contributed by atoms with van der Waals surface area (Å²) in [6.07, 6.45) is 3.27. The monoisotopic (exact) mass is 209 g/mol. The zero-order chi connectivity index (χ0) is 11.0. The summed E-state index contributed by atoms with van der Waals surface area (Å²) in [6, 6.07) is 7.60. The Bertz CT molecular complexity index is 640. The predicted molar refractivity (Wildman–Crippen MR) is 60.1 cm³/mol. The Balaban J connectivity index is 2.29. The van der Waals surface area contributed by atoms with Crippen LogP contribution in [0, 0.1) is 11.3 Å². The van der Waals surface area contributed by atoms with Crippen molar-refractivity contribution in [3.8, 4) is 11.8 Å². The first-order valence-corrected chi connectivity index (χ1v) is 4.86. The van der Waals surface area contributed by atoms with Gasteiger partial charge >= 0.3 is 0 Å². The summed E-state index contributed by atoms with van der Waals surface area (Å²) >= 11 is 0. The van der Waals surface area contributed by atoms with Crippen LogP contribution in [0.1, 0.15) is 5.56 Å². The number of hydrogen-bond donors (Lipinski definition) is 0. The number of fused-ring (bicyclic) bond motifs is 2. The second kappa shape index (κ2) is 3.31. The van der Waals surface area contributed by atoms with Gasteiger partial charge in [-0.05, 0) is 12.1 Å². The second-order valence-electron chi connectivity index (χ2n) is 3.47. The molecule has 3 rings (SSSR count). The number of nitrogens with zero attached hydrogens (tertiary/aromatic N) is 3. The first kappa shape index (κ1) is 8.86. The fourth-order valence-corrected chi connectivity index (χ4v) is 1.69. The van der Waals surface area contributed by atoms with E-state index in [1.165, 1.54) is 0 Å². The molecule has 16 heavy (non-hydrogen) atoms. The van der Waals surface area contributed by atoms with E-state index in [9.17, 15) is 0 Å². The maximum Gasteiger partial charge on any atom is 0.147 e. The van der Waals surface area contributed by atoms with E-state index in [0.717, 1.165) is 22.3 Å². The number of benzene rings is 1. The van der Waals surface area contributed by atoms with Crippen molar-refractivity contribution >= 4 is 22.8 Å².